The molecule has 1 fully saturated rings. The van der Waals surface area contributed by atoms with E-state index in [-0.39, 0.29) is 29.0 Å². The first kappa shape index (κ1) is 14.0. The lowest BCUT2D eigenvalue weighted by Crippen LogP contribution is -2.31. The van der Waals surface area contributed by atoms with Gasteiger partial charge in [-0.1, -0.05) is 17.7 Å². The van der Waals surface area contributed by atoms with E-state index in [1.54, 1.807) is 28.2 Å². The van der Waals surface area contributed by atoms with Gasteiger partial charge < -0.3 is 4.90 Å². The van der Waals surface area contributed by atoms with Crippen LogP contribution in [-0.4, -0.2) is 38.9 Å². The molecule has 0 spiro atoms. The number of halogens is 2. The summed E-state index contributed by atoms with van der Waals surface area (Å²) in [4.78, 5) is 15.6. The van der Waals surface area contributed by atoms with Crippen LogP contribution in [0.4, 0.5) is 4.39 Å². The van der Waals surface area contributed by atoms with Crippen LogP contribution in [0.1, 0.15) is 18.0 Å². The van der Waals surface area contributed by atoms with E-state index in [1.807, 2.05) is 0 Å². The van der Waals surface area contributed by atoms with Gasteiger partial charge in [-0.25, -0.2) is 4.39 Å². The van der Waals surface area contributed by atoms with E-state index in [4.69, 9.17) is 11.6 Å². The van der Waals surface area contributed by atoms with Gasteiger partial charge in [0.15, 0.2) is 0 Å². The number of hydrogen-bond donors (Lipinski definition) is 0. The van der Waals surface area contributed by atoms with Gasteiger partial charge in [-0.05, 0) is 18.6 Å². The minimum absolute atomic E-state index is 0.0231. The fourth-order valence-electron chi connectivity index (χ4n) is 2.54. The number of carbonyl (C=O) groups is 1. The summed E-state index contributed by atoms with van der Waals surface area (Å²) in [6, 6.07) is 4.52. The van der Waals surface area contributed by atoms with Crippen molar-refractivity contribution in [3.63, 3.8) is 0 Å². The summed E-state index contributed by atoms with van der Waals surface area (Å²) in [5.41, 5.74) is 0.254. The molecule has 2 aromatic rings. The van der Waals surface area contributed by atoms with Crippen LogP contribution in [0, 0.1) is 5.82 Å². The van der Waals surface area contributed by atoms with Gasteiger partial charge in [-0.3, -0.25) is 4.79 Å². The summed E-state index contributed by atoms with van der Waals surface area (Å²) in [5, 5.41) is 8.47. The third kappa shape index (κ3) is 2.90. The smallest absolute Gasteiger partial charge is 0.227 e. The van der Waals surface area contributed by atoms with Gasteiger partial charge in [0.05, 0.1) is 24.9 Å². The topological polar surface area (TPSA) is 51.0 Å². The molecule has 1 saturated heterocycles. The van der Waals surface area contributed by atoms with E-state index < -0.39 is 5.82 Å². The van der Waals surface area contributed by atoms with Crippen LogP contribution in [0.2, 0.25) is 5.02 Å². The van der Waals surface area contributed by atoms with Crippen molar-refractivity contribution < 1.29 is 9.18 Å². The van der Waals surface area contributed by atoms with Crippen molar-refractivity contribution in [1.29, 1.82) is 0 Å². The van der Waals surface area contributed by atoms with Crippen molar-refractivity contribution >= 4 is 17.5 Å². The first-order chi connectivity index (χ1) is 10.1. The summed E-state index contributed by atoms with van der Waals surface area (Å²) in [7, 11) is 0. The molecule has 0 radical (unpaired) electrons. The number of aromatic nitrogens is 3. The fourth-order valence-corrected chi connectivity index (χ4v) is 2.77. The molecule has 7 heteroatoms. The lowest BCUT2D eigenvalue weighted by Gasteiger charge is -2.17. The van der Waals surface area contributed by atoms with Crippen LogP contribution in [0.15, 0.2) is 30.6 Å². The third-order valence-corrected chi connectivity index (χ3v) is 4.02. The van der Waals surface area contributed by atoms with Crippen LogP contribution >= 0.6 is 11.6 Å². The second-order valence-electron chi connectivity index (χ2n) is 5.01. The molecule has 0 bridgehead atoms. The van der Waals surface area contributed by atoms with E-state index in [9.17, 15) is 9.18 Å². The Morgan fingerprint density at radius 1 is 1.38 bits per heavy atom. The molecule has 0 unspecified atom stereocenters. The summed E-state index contributed by atoms with van der Waals surface area (Å²) >= 11 is 5.96. The minimum Gasteiger partial charge on any atom is -0.340 e. The van der Waals surface area contributed by atoms with Crippen molar-refractivity contribution in [3.8, 4) is 0 Å². The molecule has 0 aliphatic carbocycles. The Morgan fingerprint density at radius 2 is 2.14 bits per heavy atom. The maximum absolute atomic E-state index is 13.7. The maximum atomic E-state index is 13.7. The van der Waals surface area contributed by atoms with E-state index in [0.717, 1.165) is 6.42 Å². The van der Waals surface area contributed by atoms with E-state index in [1.165, 1.54) is 12.1 Å². The Kier molecular flexibility index (Phi) is 3.88. The predicted octanol–water partition coefficient (Wildman–Crippen LogP) is 2.09. The Bertz CT molecular complexity index is 626. The number of likely N-dealkylation sites (tertiary alicyclic amines) is 1. The molecule has 1 aromatic heterocycles. The van der Waals surface area contributed by atoms with Gasteiger partial charge in [0.2, 0.25) is 5.91 Å². The SMILES string of the molecule is O=C(Cc1c(F)cccc1Cl)N1CC[C@H](n2nccn2)C1. The largest absolute Gasteiger partial charge is 0.340 e. The minimum atomic E-state index is -0.444. The second-order valence-corrected chi connectivity index (χ2v) is 5.42. The second kappa shape index (κ2) is 5.81. The first-order valence-electron chi connectivity index (χ1n) is 6.71. The number of carbonyl (C=O) groups excluding carboxylic acids is 1. The molecule has 21 heavy (non-hydrogen) atoms. The molecule has 5 nitrogen and oxygen atoms in total. The molecule has 1 aliphatic heterocycles. The van der Waals surface area contributed by atoms with Gasteiger partial charge in [-0.15, -0.1) is 0 Å². The quantitative estimate of drug-likeness (QED) is 0.872. The van der Waals surface area contributed by atoms with Crippen LogP contribution in [-0.2, 0) is 11.2 Å². The number of nitrogens with zero attached hydrogens (tertiary/aromatic N) is 4. The molecule has 3 rings (SSSR count). The normalized spacial score (nSPS) is 18.2. The highest BCUT2D eigenvalue weighted by atomic mass is 35.5. The van der Waals surface area contributed by atoms with Crippen molar-refractivity contribution in [2.24, 2.45) is 0 Å². The Labute approximate surface area is 126 Å². The zero-order valence-electron chi connectivity index (χ0n) is 11.2. The van der Waals surface area contributed by atoms with Gasteiger partial charge in [-0.2, -0.15) is 15.0 Å². The monoisotopic (exact) mass is 308 g/mol. The van der Waals surface area contributed by atoms with E-state index in [0.29, 0.717) is 13.1 Å². The zero-order chi connectivity index (χ0) is 14.8. The average Bonchev–Trinajstić information content (AvgIpc) is 3.12. The van der Waals surface area contributed by atoms with Crippen LogP contribution in [0.5, 0.6) is 0 Å². The molecular formula is C14H14ClFN4O. The van der Waals surface area contributed by atoms with Crippen LogP contribution < -0.4 is 0 Å². The van der Waals surface area contributed by atoms with Gasteiger partial charge in [0.25, 0.3) is 0 Å². The first-order valence-corrected chi connectivity index (χ1v) is 7.09. The Balaban J connectivity index is 1.67. The van der Waals surface area contributed by atoms with Crippen molar-refractivity contribution in [2.75, 3.05) is 13.1 Å². The highest BCUT2D eigenvalue weighted by Gasteiger charge is 2.29. The van der Waals surface area contributed by atoms with Crippen molar-refractivity contribution in [1.82, 2.24) is 19.9 Å². The highest BCUT2D eigenvalue weighted by molar-refractivity contribution is 6.31. The number of amides is 1. The summed E-state index contributed by atoms with van der Waals surface area (Å²) < 4.78 is 13.7. The van der Waals surface area contributed by atoms with Crippen molar-refractivity contribution in [2.45, 2.75) is 18.9 Å². The summed E-state index contributed by atoms with van der Waals surface area (Å²) in [5.74, 6) is -0.572. The van der Waals surface area contributed by atoms with Gasteiger partial charge in [0.1, 0.15) is 5.82 Å². The van der Waals surface area contributed by atoms with E-state index >= 15 is 0 Å². The predicted molar refractivity (Wildman–Crippen MR) is 75.4 cm³/mol. The third-order valence-electron chi connectivity index (χ3n) is 3.67. The lowest BCUT2D eigenvalue weighted by atomic mass is 10.1. The fraction of sp³-hybridized carbons (Fsp3) is 0.357. The Morgan fingerprint density at radius 3 is 2.86 bits per heavy atom. The van der Waals surface area contributed by atoms with Crippen LogP contribution in [0.25, 0.3) is 0 Å². The van der Waals surface area contributed by atoms with Gasteiger partial charge >= 0.3 is 0 Å². The molecular weight excluding hydrogens is 295 g/mol. The molecule has 110 valence electrons. The molecule has 0 N–H and O–H groups in total. The number of rotatable bonds is 3. The van der Waals surface area contributed by atoms with Crippen molar-refractivity contribution in [3.05, 3.63) is 47.0 Å². The molecule has 2 heterocycles. The van der Waals surface area contributed by atoms with Crippen LogP contribution in [0.3, 0.4) is 0 Å². The standard InChI is InChI=1S/C14H14ClFN4O/c15-12-2-1-3-13(16)11(12)8-14(21)19-7-4-10(9-19)20-17-5-6-18-20/h1-3,5-6,10H,4,7-9H2/t10-/m0/s1. The maximum Gasteiger partial charge on any atom is 0.227 e. The number of benzene rings is 1. The molecule has 1 aliphatic rings. The van der Waals surface area contributed by atoms with Gasteiger partial charge in [0, 0.05) is 23.7 Å². The zero-order valence-corrected chi connectivity index (χ0v) is 12.0. The molecule has 1 amide bonds. The molecule has 1 atom stereocenters. The summed E-state index contributed by atoms with van der Waals surface area (Å²) in [6.45, 7) is 1.16. The number of hydrogen-bond acceptors (Lipinski definition) is 3. The lowest BCUT2D eigenvalue weighted by molar-refractivity contribution is -0.129. The molecule has 0 saturated carbocycles. The highest BCUT2D eigenvalue weighted by Crippen LogP contribution is 2.23. The summed E-state index contributed by atoms with van der Waals surface area (Å²) in [6.07, 6.45) is 4.00. The van der Waals surface area contributed by atoms with E-state index in [2.05, 4.69) is 10.2 Å². The average molecular weight is 309 g/mol. The molecule has 1 aromatic carbocycles. The Hall–Kier alpha value is -1.95.